The molecule has 0 radical (unpaired) electrons. The highest BCUT2D eigenvalue weighted by Gasteiger charge is 2.32. The molecule has 2 N–H and O–H groups in total. The minimum absolute atomic E-state index is 0.209. The molecular weight excluding hydrogens is 458 g/mol. The van der Waals surface area contributed by atoms with Crippen LogP contribution in [0.1, 0.15) is 29.0 Å². The summed E-state index contributed by atoms with van der Waals surface area (Å²) in [6.45, 7) is 2.32. The van der Waals surface area contributed by atoms with E-state index in [0.717, 1.165) is 5.69 Å². The molecule has 1 aromatic carbocycles. The van der Waals surface area contributed by atoms with Gasteiger partial charge in [-0.2, -0.15) is 14.5 Å². The molecule has 3 aromatic rings. The molecule has 0 unspecified atom stereocenters. The van der Waals surface area contributed by atoms with Crippen LogP contribution in [-0.2, 0) is 28.9 Å². The van der Waals surface area contributed by atoms with Gasteiger partial charge < -0.3 is 10.6 Å². The summed E-state index contributed by atoms with van der Waals surface area (Å²) in [5, 5.41) is 13.8. The Balaban J connectivity index is 1.41. The Labute approximate surface area is 197 Å². The number of benzene rings is 1. The molecule has 2 aromatic heterocycles. The summed E-state index contributed by atoms with van der Waals surface area (Å²) in [7, 11) is -0.194. The number of aromatic nitrogens is 4. The van der Waals surface area contributed by atoms with Crippen molar-refractivity contribution in [1.29, 1.82) is 0 Å². The van der Waals surface area contributed by atoms with E-state index >= 15 is 0 Å². The van der Waals surface area contributed by atoms with Crippen LogP contribution in [0.2, 0.25) is 0 Å². The van der Waals surface area contributed by atoms with Gasteiger partial charge in [-0.15, -0.1) is 0 Å². The van der Waals surface area contributed by atoms with Crippen molar-refractivity contribution in [3.05, 3.63) is 54.1 Å². The Morgan fingerprint density at radius 1 is 0.941 bits per heavy atom. The summed E-state index contributed by atoms with van der Waals surface area (Å²) in [5.41, 5.74) is 1.86. The zero-order valence-electron chi connectivity index (χ0n) is 19.2. The second kappa shape index (κ2) is 9.39. The lowest BCUT2D eigenvalue weighted by molar-refractivity contribution is -0.120. The Kier molecular flexibility index (Phi) is 6.53. The summed E-state index contributed by atoms with van der Waals surface area (Å²) < 4.78 is 30.1. The molecule has 1 fully saturated rings. The van der Waals surface area contributed by atoms with Crippen molar-refractivity contribution in [2.24, 2.45) is 20.0 Å². The molecule has 0 saturated carbocycles. The maximum Gasteiger partial charge on any atom is 0.276 e. The first-order chi connectivity index (χ1) is 16.2. The van der Waals surface area contributed by atoms with E-state index in [-0.39, 0.29) is 35.5 Å². The molecule has 1 aliphatic rings. The fourth-order valence-corrected chi connectivity index (χ4v) is 5.43. The van der Waals surface area contributed by atoms with E-state index in [1.54, 1.807) is 55.3 Å². The van der Waals surface area contributed by atoms with Crippen LogP contribution in [0.5, 0.6) is 0 Å². The highest BCUT2D eigenvalue weighted by molar-refractivity contribution is 7.89. The van der Waals surface area contributed by atoms with Crippen LogP contribution in [0.4, 0.5) is 11.4 Å². The number of hydrogen-bond acceptors (Lipinski definition) is 6. The number of piperidine rings is 1. The van der Waals surface area contributed by atoms with Crippen molar-refractivity contribution < 1.29 is 18.0 Å². The normalized spacial score (nSPS) is 15.3. The molecule has 34 heavy (non-hydrogen) atoms. The first kappa shape index (κ1) is 23.6. The fraction of sp³-hybridized carbons (Fsp3) is 0.364. The van der Waals surface area contributed by atoms with E-state index in [1.165, 1.54) is 15.2 Å². The zero-order chi connectivity index (χ0) is 24.5. The van der Waals surface area contributed by atoms with Crippen molar-refractivity contribution in [2.45, 2.75) is 24.7 Å². The molecule has 1 aliphatic heterocycles. The van der Waals surface area contributed by atoms with Gasteiger partial charge >= 0.3 is 0 Å². The lowest BCUT2D eigenvalue weighted by atomic mass is 9.97. The number of anilines is 2. The van der Waals surface area contributed by atoms with Crippen LogP contribution in [-0.4, -0.2) is 57.2 Å². The predicted octanol–water partition coefficient (Wildman–Crippen LogP) is 1.75. The molecular formula is C22H27N7O4S. The van der Waals surface area contributed by atoms with E-state index in [9.17, 15) is 18.0 Å². The Morgan fingerprint density at radius 2 is 1.56 bits per heavy atom. The van der Waals surface area contributed by atoms with Gasteiger partial charge in [-0.1, -0.05) is 18.2 Å². The van der Waals surface area contributed by atoms with Crippen LogP contribution in [0, 0.1) is 12.8 Å². The van der Waals surface area contributed by atoms with Crippen LogP contribution < -0.4 is 10.6 Å². The molecule has 180 valence electrons. The molecule has 2 amide bonds. The van der Waals surface area contributed by atoms with Gasteiger partial charge in [0, 0.05) is 33.1 Å². The molecule has 12 heteroatoms. The molecule has 11 nitrogen and oxygen atoms in total. The van der Waals surface area contributed by atoms with E-state index in [2.05, 4.69) is 20.8 Å². The van der Waals surface area contributed by atoms with Gasteiger partial charge in [-0.25, -0.2) is 8.42 Å². The molecule has 0 aliphatic carbocycles. The number of hydrogen-bond donors (Lipinski definition) is 2. The largest absolute Gasteiger partial charge is 0.323 e. The number of amides is 2. The second-order valence-electron chi connectivity index (χ2n) is 8.23. The van der Waals surface area contributed by atoms with Crippen molar-refractivity contribution in [2.75, 3.05) is 23.7 Å². The molecule has 0 bridgehead atoms. The van der Waals surface area contributed by atoms with Crippen molar-refractivity contribution in [3.63, 3.8) is 0 Å². The number of carbonyl (C=O) groups is 2. The number of sulfonamides is 1. The SMILES string of the molecule is Cc1c(NC(=O)c2c(NC(=O)C3CCN(S(=O)(=O)c4ccccc4)CC3)cnn2C)cnn1C. The van der Waals surface area contributed by atoms with Gasteiger partial charge in [0.05, 0.1) is 34.4 Å². The van der Waals surface area contributed by atoms with E-state index in [4.69, 9.17) is 0 Å². The lowest BCUT2D eigenvalue weighted by Gasteiger charge is -2.30. The summed E-state index contributed by atoms with van der Waals surface area (Å²) in [6, 6.07) is 8.27. The number of nitrogens with one attached hydrogen (secondary N) is 2. The summed E-state index contributed by atoms with van der Waals surface area (Å²) in [6.07, 6.45) is 3.75. The highest BCUT2D eigenvalue weighted by atomic mass is 32.2. The highest BCUT2D eigenvalue weighted by Crippen LogP contribution is 2.26. The lowest BCUT2D eigenvalue weighted by Crippen LogP contribution is -2.41. The van der Waals surface area contributed by atoms with Crippen molar-refractivity contribution in [1.82, 2.24) is 23.9 Å². The first-order valence-corrected chi connectivity index (χ1v) is 12.3. The van der Waals surface area contributed by atoms with Crippen molar-refractivity contribution >= 4 is 33.2 Å². The average molecular weight is 486 g/mol. The Hall–Kier alpha value is -3.51. The van der Waals surface area contributed by atoms with E-state index in [1.807, 2.05) is 6.92 Å². The number of nitrogens with zero attached hydrogens (tertiary/aromatic N) is 5. The third kappa shape index (κ3) is 4.59. The van der Waals surface area contributed by atoms with E-state index < -0.39 is 15.9 Å². The number of rotatable bonds is 6. The van der Waals surface area contributed by atoms with Crippen molar-refractivity contribution in [3.8, 4) is 0 Å². The smallest absolute Gasteiger partial charge is 0.276 e. The minimum atomic E-state index is -3.59. The Morgan fingerprint density at radius 3 is 2.18 bits per heavy atom. The summed E-state index contributed by atoms with van der Waals surface area (Å²) >= 11 is 0. The maximum atomic E-state index is 12.9. The quantitative estimate of drug-likeness (QED) is 0.547. The minimum Gasteiger partial charge on any atom is -0.323 e. The van der Waals surface area contributed by atoms with Gasteiger partial charge in [-0.05, 0) is 31.9 Å². The summed E-state index contributed by atoms with van der Waals surface area (Å²) in [4.78, 5) is 26.1. The second-order valence-corrected chi connectivity index (χ2v) is 10.2. The number of carbonyl (C=O) groups excluding carboxylic acids is 2. The first-order valence-electron chi connectivity index (χ1n) is 10.9. The van der Waals surface area contributed by atoms with Crippen LogP contribution in [0.3, 0.4) is 0 Å². The summed E-state index contributed by atoms with van der Waals surface area (Å²) in [5.74, 6) is -1.06. The zero-order valence-corrected chi connectivity index (χ0v) is 20.0. The molecule has 1 saturated heterocycles. The third-order valence-electron chi connectivity index (χ3n) is 6.10. The number of aryl methyl sites for hydroxylation is 2. The maximum absolute atomic E-state index is 12.9. The van der Waals surface area contributed by atoms with Crippen LogP contribution in [0.25, 0.3) is 0 Å². The molecule has 4 rings (SSSR count). The molecule has 3 heterocycles. The monoisotopic (exact) mass is 485 g/mol. The van der Waals surface area contributed by atoms with Crippen LogP contribution >= 0.6 is 0 Å². The predicted molar refractivity (Wildman–Crippen MR) is 126 cm³/mol. The van der Waals surface area contributed by atoms with Crippen LogP contribution in [0.15, 0.2) is 47.6 Å². The van der Waals surface area contributed by atoms with E-state index in [0.29, 0.717) is 24.2 Å². The molecule has 0 atom stereocenters. The standard InChI is InChI=1S/C22H27N7O4S/c1-15-18(13-23-27(15)2)25-22(31)20-19(14-24-28(20)3)26-21(30)16-9-11-29(12-10-16)34(32,33)17-7-5-4-6-8-17/h4-8,13-14,16H,9-12H2,1-3H3,(H,25,31)(H,26,30). The van der Waals surface area contributed by atoms with Gasteiger partial charge in [0.25, 0.3) is 5.91 Å². The molecule has 0 spiro atoms. The fourth-order valence-electron chi connectivity index (χ4n) is 3.94. The van der Waals surface area contributed by atoms with Gasteiger partial charge in [0.15, 0.2) is 0 Å². The average Bonchev–Trinajstić information content (AvgIpc) is 3.36. The Bertz CT molecular complexity index is 1310. The van der Waals surface area contributed by atoms with Gasteiger partial charge in [0.2, 0.25) is 15.9 Å². The van der Waals surface area contributed by atoms with Gasteiger partial charge in [0.1, 0.15) is 5.69 Å². The van der Waals surface area contributed by atoms with Gasteiger partial charge in [-0.3, -0.25) is 19.0 Å². The third-order valence-corrected chi connectivity index (χ3v) is 8.01. The topological polar surface area (TPSA) is 131 Å².